The van der Waals surface area contributed by atoms with Gasteiger partial charge in [-0.05, 0) is 29.9 Å². The summed E-state index contributed by atoms with van der Waals surface area (Å²) in [6.45, 7) is 4.44. The molecule has 0 radical (unpaired) electrons. The molecular formula is C14H19N3O2S. The van der Waals surface area contributed by atoms with E-state index in [0.717, 1.165) is 19.4 Å². The van der Waals surface area contributed by atoms with Crippen molar-refractivity contribution >= 4 is 23.3 Å². The maximum atomic E-state index is 12.3. The van der Waals surface area contributed by atoms with E-state index in [0.29, 0.717) is 25.7 Å². The lowest BCUT2D eigenvalue weighted by molar-refractivity contribution is -0.129. The fourth-order valence-corrected chi connectivity index (χ4v) is 4.01. The van der Waals surface area contributed by atoms with Crippen LogP contribution in [0.1, 0.15) is 29.8 Å². The van der Waals surface area contributed by atoms with E-state index in [-0.39, 0.29) is 11.9 Å². The highest BCUT2D eigenvalue weighted by Crippen LogP contribution is 2.34. The fourth-order valence-electron chi connectivity index (χ4n) is 3.08. The number of hydrogen-bond acceptors (Lipinski definition) is 4. The van der Waals surface area contributed by atoms with E-state index in [1.807, 2.05) is 0 Å². The molecule has 1 fully saturated rings. The molecule has 6 heteroatoms. The molecular weight excluding hydrogens is 274 g/mol. The molecule has 1 saturated heterocycles. The lowest BCUT2D eigenvalue weighted by Crippen LogP contribution is -2.45. The Kier molecular flexibility index (Phi) is 3.76. The van der Waals surface area contributed by atoms with Gasteiger partial charge < -0.3 is 5.32 Å². The van der Waals surface area contributed by atoms with E-state index >= 15 is 0 Å². The number of fused-ring (bicyclic) bond motifs is 1. The molecule has 3 amide bonds. The van der Waals surface area contributed by atoms with Crippen LogP contribution in [-0.4, -0.2) is 47.9 Å². The largest absolute Gasteiger partial charge is 0.336 e. The number of hydrogen-bond donors (Lipinski definition) is 1. The molecule has 20 heavy (non-hydrogen) atoms. The summed E-state index contributed by atoms with van der Waals surface area (Å²) >= 11 is 1.80. The predicted molar refractivity (Wildman–Crippen MR) is 77.7 cm³/mol. The standard InChI is InChI=1S/C14H19N3O2S/c1-2-11-10-4-8-20-12(10)3-6-16(11)9-13(18)17-7-5-15-14(17)19/h4,8,11H,2-3,5-7,9H2,1H3,(H,15,19)/t11-/m1/s1. The SMILES string of the molecule is CC[C@@H]1c2ccsc2CCN1CC(=O)N1CCNC1=O. The summed E-state index contributed by atoms with van der Waals surface area (Å²) in [5.74, 6) is -0.0860. The van der Waals surface area contributed by atoms with Crippen LogP contribution in [0.25, 0.3) is 0 Å². The summed E-state index contributed by atoms with van der Waals surface area (Å²) in [4.78, 5) is 28.8. The zero-order chi connectivity index (χ0) is 14.1. The summed E-state index contributed by atoms with van der Waals surface area (Å²) in [6.07, 6.45) is 1.99. The van der Waals surface area contributed by atoms with Gasteiger partial charge in [0.2, 0.25) is 5.91 Å². The van der Waals surface area contributed by atoms with Crippen molar-refractivity contribution < 1.29 is 9.59 Å². The van der Waals surface area contributed by atoms with Crippen LogP contribution in [0.15, 0.2) is 11.4 Å². The van der Waals surface area contributed by atoms with Gasteiger partial charge in [-0.3, -0.25) is 14.6 Å². The summed E-state index contributed by atoms with van der Waals surface area (Å²) in [5.41, 5.74) is 1.36. The molecule has 0 aromatic carbocycles. The molecule has 0 spiro atoms. The second-order valence-corrected chi connectivity index (χ2v) is 6.22. The number of nitrogens with zero attached hydrogens (tertiary/aromatic N) is 2. The van der Waals surface area contributed by atoms with Gasteiger partial charge in [0.05, 0.1) is 6.54 Å². The third kappa shape index (κ3) is 2.33. The molecule has 2 aliphatic heterocycles. The smallest absolute Gasteiger partial charge is 0.324 e. The lowest BCUT2D eigenvalue weighted by Gasteiger charge is -2.35. The van der Waals surface area contributed by atoms with Crippen molar-refractivity contribution in [2.45, 2.75) is 25.8 Å². The molecule has 0 aliphatic carbocycles. The normalized spacial score (nSPS) is 22.8. The van der Waals surface area contributed by atoms with Crippen molar-refractivity contribution in [3.63, 3.8) is 0 Å². The maximum Gasteiger partial charge on any atom is 0.324 e. The number of amides is 3. The monoisotopic (exact) mass is 293 g/mol. The van der Waals surface area contributed by atoms with E-state index in [1.165, 1.54) is 15.3 Å². The van der Waals surface area contributed by atoms with Crippen LogP contribution in [-0.2, 0) is 11.2 Å². The summed E-state index contributed by atoms with van der Waals surface area (Å²) in [6, 6.07) is 2.23. The van der Waals surface area contributed by atoms with Crippen molar-refractivity contribution in [3.8, 4) is 0 Å². The van der Waals surface area contributed by atoms with Gasteiger partial charge in [0.1, 0.15) is 0 Å². The quantitative estimate of drug-likeness (QED) is 0.921. The molecule has 0 saturated carbocycles. The number of urea groups is 1. The average molecular weight is 293 g/mol. The highest BCUT2D eigenvalue weighted by atomic mass is 32.1. The Bertz CT molecular complexity index is 528. The summed E-state index contributed by atoms with van der Waals surface area (Å²) in [7, 11) is 0. The molecule has 1 atom stereocenters. The zero-order valence-electron chi connectivity index (χ0n) is 11.6. The van der Waals surface area contributed by atoms with Gasteiger partial charge in [-0.25, -0.2) is 4.79 Å². The van der Waals surface area contributed by atoms with E-state index in [9.17, 15) is 9.59 Å². The van der Waals surface area contributed by atoms with Crippen molar-refractivity contribution in [1.29, 1.82) is 0 Å². The van der Waals surface area contributed by atoms with Crippen LogP contribution in [0.5, 0.6) is 0 Å². The van der Waals surface area contributed by atoms with E-state index in [4.69, 9.17) is 0 Å². The first kappa shape index (κ1) is 13.6. The molecule has 3 heterocycles. The van der Waals surface area contributed by atoms with E-state index in [1.54, 1.807) is 11.3 Å². The summed E-state index contributed by atoms with van der Waals surface area (Å²) in [5, 5.41) is 4.81. The fraction of sp³-hybridized carbons (Fsp3) is 0.571. The molecule has 1 N–H and O–H groups in total. The molecule has 108 valence electrons. The molecule has 0 bridgehead atoms. The van der Waals surface area contributed by atoms with Gasteiger partial charge in [0.25, 0.3) is 0 Å². The minimum absolute atomic E-state index is 0.0860. The van der Waals surface area contributed by atoms with E-state index in [2.05, 4.69) is 28.6 Å². The Morgan fingerprint density at radius 1 is 1.50 bits per heavy atom. The van der Waals surface area contributed by atoms with Crippen LogP contribution in [0.2, 0.25) is 0 Å². The Morgan fingerprint density at radius 3 is 3.05 bits per heavy atom. The number of carbonyl (C=O) groups excluding carboxylic acids is 2. The number of thiophene rings is 1. The van der Waals surface area contributed by atoms with Gasteiger partial charge in [0, 0.05) is 30.6 Å². The van der Waals surface area contributed by atoms with Gasteiger partial charge in [-0.2, -0.15) is 0 Å². The number of rotatable bonds is 3. The minimum atomic E-state index is -0.253. The van der Waals surface area contributed by atoms with Gasteiger partial charge in [0.15, 0.2) is 0 Å². The summed E-state index contributed by atoms with van der Waals surface area (Å²) < 4.78 is 0. The molecule has 1 aromatic heterocycles. The van der Waals surface area contributed by atoms with Crippen LogP contribution in [0, 0.1) is 0 Å². The molecule has 2 aliphatic rings. The van der Waals surface area contributed by atoms with Gasteiger partial charge in [-0.1, -0.05) is 6.92 Å². The van der Waals surface area contributed by atoms with Crippen molar-refractivity contribution in [2.75, 3.05) is 26.2 Å². The highest BCUT2D eigenvalue weighted by Gasteiger charge is 2.32. The number of carbonyl (C=O) groups is 2. The van der Waals surface area contributed by atoms with Gasteiger partial charge >= 0.3 is 6.03 Å². The number of nitrogens with one attached hydrogen (secondary N) is 1. The van der Waals surface area contributed by atoms with Crippen molar-refractivity contribution in [3.05, 3.63) is 21.9 Å². The van der Waals surface area contributed by atoms with Crippen molar-refractivity contribution in [2.24, 2.45) is 0 Å². The first-order chi connectivity index (χ1) is 9.70. The van der Waals surface area contributed by atoms with Crippen LogP contribution < -0.4 is 5.32 Å². The average Bonchev–Trinajstić information content (AvgIpc) is 3.06. The molecule has 1 aromatic rings. The first-order valence-electron chi connectivity index (χ1n) is 7.09. The topological polar surface area (TPSA) is 52.7 Å². The second kappa shape index (κ2) is 5.54. The predicted octanol–water partition coefficient (Wildman–Crippen LogP) is 1.61. The second-order valence-electron chi connectivity index (χ2n) is 5.22. The maximum absolute atomic E-state index is 12.3. The molecule has 0 unspecified atom stereocenters. The Labute approximate surface area is 122 Å². The Morgan fingerprint density at radius 2 is 2.35 bits per heavy atom. The Hall–Kier alpha value is -1.40. The third-order valence-electron chi connectivity index (χ3n) is 4.09. The minimum Gasteiger partial charge on any atom is -0.336 e. The van der Waals surface area contributed by atoms with Crippen LogP contribution in [0.3, 0.4) is 0 Å². The highest BCUT2D eigenvalue weighted by molar-refractivity contribution is 7.10. The Balaban J connectivity index is 1.71. The zero-order valence-corrected chi connectivity index (χ0v) is 12.4. The third-order valence-corrected chi connectivity index (χ3v) is 5.09. The molecule has 5 nitrogen and oxygen atoms in total. The first-order valence-corrected chi connectivity index (χ1v) is 7.97. The van der Waals surface area contributed by atoms with Gasteiger partial charge in [-0.15, -0.1) is 11.3 Å². The lowest BCUT2D eigenvalue weighted by atomic mass is 9.98. The van der Waals surface area contributed by atoms with E-state index < -0.39 is 0 Å². The van der Waals surface area contributed by atoms with Crippen LogP contribution >= 0.6 is 11.3 Å². The van der Waals surface area contributed by atoms with Crippen molar-refractivity contribution in [1.82, 2.24) is 15.1 Å². The van der Waals surface area contributed by atoms with Crippen LogP contribution in [0.4, 0.5) is 4.79 Å². The number of imide groups is 1. The molecule has 3 rings (SSSR count).